The Morgan fingerprint density at radius 1 is 1.30 bits per heavy atom. The fourth-order valence-electron chi connectivity index (χ4n) is 0.711. The van der Waals surface area contributed by atoms with Crippen LogP contribution in [-0.2, 0) is 0 Å². The largest absolute Gasteiger partial charge is 0.242 e. The summed E-state index contributed by atoms with van der Waals surface area (Å²) < 4.78 is 0. The Labute approximate surface area is 65.2 Å². The minimum absolute atomic E-state index is 0.789. The highest BCUT2D eigenvalue weighted by atomic mass is 14.8. The van der Waals surface area contributed by atoms with Crippen molar-refractivity contribution in [2.75, 3.05) is 13.1 Å². The third-order valence-corrected chi connectivity index (χ3v) is 1.81. The van der Waals surface area contributed by atoms with E-state index in [0.717, 1.165) is 19.0 Å². The number of hydrogen-bond donors (Lipinski definition) is 0. The van der Waals surface area contributed by atoms with E-state index in [9.17, 15) is 0 Å². The molecule has 0 amide bonds. The van der Waals surface area contributed by atoms with Crippen molar-refractivity contribution in [3.8, 4) is 0 Å². The molecule has 0 aliphatic heterocycles. The molecule has 0 rings (SSSR count). The van der Waals surface area contributed by atoms with Crippen LogP contribution >= 0.6 is 0 Å². The summed E-state index contributed by atoms with van der Waals surface area (Å²) in [6.07, 6.45) is 3.79. The van der Waals surface area contributed by atoms with E-state index in [0.29, 0.717) is 0 Å². The van der Waals surface area contributed by atoms with E-state index >= 15 is 0 Å². The van der Waals surface area contributed by atoms with Crippen LogP contribution in [0.15, 0.2) is 0 Å². The number of nitrogens with zero attached hydrogens (tertiary/aromatic N) is 1. The van der Waals surface area contributed by atoms with Crippen LogP contribution in [0, 0.1) is 5.92 Å². The van der Waals surface area contributed by atoms with Gasteiger partial charge in [-0.3, -0.25) is 0 Å². The van der Waals surface area contributed by atoms with Crippen molar-refractivity contribution in [3.63, 3.8) is 0 Å². The van der Waals surface area contributed by atoms with Crippen LogP contribution in [0.25, 0.3) is 0 Å². The van der Waals surface area contributed by atoms with Gasteiger partial charge in [-0.1, -0.05) is 33.6 Å². The van der Waals surface area contributed by atoms with Crippen LogP contribution in [0.2, 0.25) is 0 Å². The molecule has 1 unspecified atom stereocenters. The van der Waals surface area contributed by atoms with Gasteiger partial charge in [-0.15, -0.1) is 0 Å². The molecule has 1 atom stereocenters. The van der Waals surface area contributed by atoms with Gasteiger partial charge in [-0.05, 0) is 12.3 Å². The summed E-state index contributed by atoms with van der Waals surface area (Å²) in [5, 5.41) is 4.43. The maximum absolute atomic E-state index is 4.43. The van der Waals surface area contributed by atoms with Gasteiger partial charge in [0.05, 0.1) is 0 Å². The highest BCUT2D eigenvalue weighted by molar-refractivity contribution is 4.53. The predicted molar refractivity (Wildman–Crippen MR) is 46.2 cm³/mol. The molecule has 0 spiro atoms. The van der Waals surface area contributed by atoms with Crippen molar-refractivity contribution in [3.05, 3.63) is 0 Å². The molecule has 1 radical (unpaired) electrons. The number of rotatable bonds is 6. The van der Waals surface area contributed by atoms with Gasteiger partial charge >= 0.3 is 0 Å². The van der Waals surface area contributed by atoms with E-state index in [1.807, 2.05) is 0 Å². The minimum atomic E-state index is 0.789. The molecule has 0 aromatic carbocycles. The van der Waals surface area contributed by atoms with E-state index in [4.69, 9.17) is 0 Å². The summed E-state index contributed by atoms with van der Waals surface area (Å²) in [7, 11) is 0. The van der Waals surface area contributed by atoms with Gasteiger partial charge in [-0.25, -0.2) is 5.32 Å². The molecule has 10 heavy (non-hydrogen) atoms. The lowest BCUT2D eigenvalue weighted by Crippen LogP contribution is -2.14. The van der Waals surface area contributed by atoms with E-state index in [2.05, 4.69) is 26.1 Å². The summed E-state index contributed by atoms with van der Waals surface area (Å²) in [5.41, 5.74) is 0. The molecule has 0 bridgehead atoms. The van der Waals surface area contributed by atoms with Crippen LogP contribution in [0.5, 0.6) is 0 Å². The number of hydrogen-bond acceptors (Lipinski definition) is 0. The van der Waals surface area contributed by atoms with Crippen molar-refractivity contribution in [1.29, 1.82) is 0 Å². The Morgan fingerprint density at radius 2 is 2.00 bits per heavy atom. The summed E-state index contributed by atoms with van der Waals surface area (Å²) in [4.78, 5) is 0. The van der Waals surface area contributed by atoms with E-state index in [1.54, 1.807) is 0 Å². The van der Waals surface area contributed by atoms with Gasteiger partial charge in [0.2, 0.25) is 0 Å². The first-order valence-electron chi connectivity index (χ1n) is 4.44. The Morgan fingerprint density at radius 3 is 2.50 bits per heavy atom. The van der Waals surface area contributed by atoms with Gasteiger partial charge < -0.3 is 0 Å². The fraction of sp³-hybridized carbons (Fsp3) is 1.00. The summed E-state index contributed by atoms with van der Waals surface area (Å²) in [5.74, 6) is 0.789. The second kappa shape index (κ2) is 7.07. The van der Waals surface area contributed by atoms with Gasteiger partial charge in [0.1, 0.15) is 0 Å². The van der Waals surface area contributed by atoms with E-state index < -0.39 is 0 Å². The van der Waals surface area contributed by atoms with Crippen molar-refractivity contribution in [2.24, 2.45) is 5.92 Å². The van der Waals surface area contributed by atoms with Crippen LogP contribution in [0.3, 0.4) is 0 Å². The zero-order valence-electron chi connectivity index (χ0n) is 7.56. The summed E-state index contributed by atoms with van der Waals surface area (Å²) in [6, 6.07) is 0. The van der Waals surface area contributed by atoms with Crippen molar-refractivity contribution >= 4 is 0 Å². The first-order chi connectivity index (χ1) is 4.81. The molecular formula is C9H20N. The van der Waals surface area contributed by atoms with Gasteiger partial charge in [-0.2, -0.15) is 0 Å². The smallest absolute Gasteiger partial charge is 0.0158 e. The lowest BCUT2D eigenvalue weighted by atomic mass is 10.1. The third kappa shape index (κ3) is 6.09. The van der Waals surface area contributed by atoms with Crippen LogP contribution in [-0.4, -0.2) is 13.1 Å². The molecule has 0 aromatic rings. The van der Waals surface area contributed by atoms with E-state index in [-0.39, 0.29) is 0 Å². The second-order valence-electron chi connectivity index (χ2n) is 3.00. The van der Waals surface area contributed by atoms with E-state index in [1.165, 1.54) is 19.3 Å². The summed E-state index contributed by atoms with van der Waals surface area (Å²) >= 11 is 0. The second-order valence-corrected chi connectivity index (χ2v) is 3.00. The molecule has 61 valence electrons. The first kappa shape index (κ1) is 9.96. The highest BCUT2D eigenvalue weighted by Gasteiger charge is 1.96. The van der Waals surface area contributed by atoms with Crippen LogP contribution in [0.4, 0.5) is 0 Å². The fourth-order valence-corrected chi connectivity index (χ4v) is 0.711. The molecule has 0 aromatic heterocycles. The third-order valence-electron chi connectivity index (χ3n) is 1.81. The molecular weight excluding hydrogens is 122 g/mol. The molecule has 0 saturated heterocycles. The zero-order chi connectivity index (χ0) is 7.82. The first-order valence-corrected chi connectivity index (χ1v) is 4.44. The topological polar surface area (TPSA) is 14.1 Å². The molecule has 0 fully saturated rings. The monoisotopic (exact) mass is 142 g/mol. The highest BCUT2D eigenvalue weighted by Crippen LogP contribution is 1.98. The van der Waals surface area contributed by atoms with Crippen molar-refractivity contribution < 1.29 is 0 Å². The Balaban J connectivity index is 2.89. The maximum Gasteiger partial charge on any atom is 0.0158 e. The van der Waals surface area contributed by atoms with Gasteiger partial charge in [0.25, 0.3) is 0 Å². The lowest BCUT2D eigenvalue weighted by molar-refractivity contribution is 0.487. The average Bonchev–Trinajstić information content (AvgIpc) is 1.98. The molecule has 1 nitrogen and oxygen atoms in total. The molecule has 0 saturated carbocycles. The molecule has 0 N–H and O–H groups in total. The standard InChI is InChI=1S/C9H20N/c1-4-6-7-10-8-9(3)5-2/h9H,4-8H2,1-3H3. The number of unbranched alkanes of at least 4 members (excludes halogenated alkanes) is 1. The molecule has 1 heteroatoms. The molecule has 0 aliphatic carbocycles. The quantitative estimate of drug-likeness (QED) is 0.506. The van der Waals surface area contributed by atoms with Gasteiger partial charge in [0.15, 0.2) is 0 Å². The Kier molecular flexibility index (Phi) is 7.04. The predicted octanol–water partition coefficient (Wildman–Crippen LogP) is 2.44. The normalized spacial score (nSPS) is 13.5. The Hall–Kier alpha value is -0.0400. The van der Waals surface area contributed by atoms with Crippen molar-refractivity contribution in [1.82, 2.24) is 5.32 Å². The average molecular weight is 142 g/mol. The zero-order valence-corrected chi connectivity index (χ0v) is 7.56. The van der Waals surface area contributed by atoms with Crippen LogP contribution < -0.4 is 5.32 Å². The molecule has 0 aliphatic rings. The lowest BCUT2D eigenvalue weighted by Gasteiger charge is -2.06. The van der Waals surface area contributed by atoms with Crippen LogP contribution in [0.1, 0.15) is 40.0 Å². The SMILES string of the molecule is CCCC[N]CC(C)CC. The minimum Gasteiger partial charge on any atom is -0.242 e. The summed E-state index contributed by atoms with van der Waals surface area (Å²) in [6.45, 7) is 8.82. The van der Waals surface area contributed by atoms with Crippen molar-refractivity contribution in [2.45, 2.75) is 40.0 Å². The molecule has 0 heterocycles. The Bertz CT molecular complexity index is 61.7. The maximum atomic E-state index is 4.43. The van der Waals surface area contributed by atoms with Gasteiger partial charge in [0, 0.05) is 13.1 Å².